The number of nitrogens with zero attached hydrogens (tertiary/aromatic N) is 1. The Morgan fingerprint density at radius 1 is 1.67 bits per heavy atom. The van der Waals surface area contributed by atoms with Crippen LogP contribution in [0, 0.1) is 11.8 Å². The Morgan fingerprint density at radius 3 is 2.92 bits per heavy atom. The fraction of sp³-hybridized carbons (Fsp3) is 0.667. The first kappa shape index (κ1) is 9.08. The van der Waals surface area contributed by atoms with E-state index in [1.165, 1.54) is 0 Å². The van der Waals surface area contributed by atoms with Crippen LogP contribution in [-0.4, -0.2) is 29.9 Å². The molecule has 1 rings (SSSR count). The summed E-state index contributed by atoms with van der Waals surface area (Å²) in [5.74, 6) is 5.83. The first-order valence-corrected chi connectivity index (χ1v) is 4.21. The number of hydrogen-bond donors (Lipinski definition) is 1. The van der Waals surface area contributed by atoms with Gasteiger partial charge >= 0.3 is 0 Å². The molecule has 66 valence electrons. The van der Waals surface area contributed by atoms with Gasteiger partial charge in [0.1, 0.15) is 0 Å². The highest BCUT2D eigenvalue weighted by Crippen LogP contribution is 2.16. The minimum absolute atomic E-state index is 0.217. The van der Waals surface area contributed by atoms with Crippen molar-refractivity contribution in [3.63, 3.8) is 0 Å². The molecule has 2 N–H and O–H groups in total. The smallest absolute Gasteiger partial charge is 0.223 e. The van der Waals surface area contributed by atoms with Crippen LogP contribution >= 0.6 is 0 Å². The third-order valence-electron chi connectivity index (χ3n) is 2.10. The summed E-state index contributed by atoms with van der Waals surface area (Å²) in [4.78, 5) is 13.0. The Balaban J connectivity index is 2.44. The maximum Gasteiger partial charge on any atom is 0.223 e. The Bertz CT molecular complexity index is 226. The van der Waals surface area contributed by atoms with Crippen LogP contribution in [0.5, 0.6) is 0 Å². The minimum atomic E-state index is 0.217. The van der Waals surface area contributed by atoms with Gasteiger partial charge in [0.2, 0.25) is 5.91 Å². The van der Waals surface area contributed by atoms with Gasteiger partial charge in [0.15, 0.2) is 0 Å². The molecule has 1 fully saturated rings. The van der Waals surface area contributed by atoms with Crippen molar-refractivity contribution in [1.82, 2.24) is 4.90 Å². The highest BCUT2D eigenvalue weighted by Gasteiger charge is 2.25. The van der Waals surface area contributed by atoms with Crippen LogP contribution in [0.2, 0.25) is 0 Å². The van der Waals surface area contributed by atoms with Gasteiger partial charge in [-0.25, -0.2) is 0 Å². The highest BCUT2D eigenvalue weighted by atomic mass is 16.2. The van der Waals surface area contributed by atoms with Crippen LogP contribution in [0.3, 0.4) is 0 Å². The molecule has 3 nitrogen and oxygen atoms in total. The van der Waals surface area contributed by atoms with Crippen LogP contribution in [0.15, 0.2) is 0 Å². The summed E-state index contributed by atoms with van der Waals surface area (Å²) in [7, 11) is 0. The number of likely N-dealkylation sites (tertiary alicyclic amines) is 1. The fourth-order valence-corrected chi connectivity index (χ4v) is 1.33. The second-order valence-electron chi connectivity index (χ2n) is 2.97. The van der Waals surface area contributed by atoms with Gasteiger partial charge in [-0.2, -0.15) is 0 Å². The van der Waals surface area contributed by atoms with E-state index >= 15 is 0 Å². The van der Waals surface area contributed by atoms with Crippen molar-refractivity contribution in [2.45, 2.75) is 25.8 Å². The molecule has 1 heterocycles. The predicted molar refractivity (Wildman–Crippen MR) is 47.2 cm³/mol. The summed E-state index contributed by atoms with van der Waals surface area (Å²) in [5.41, 5.74) is 5.21. The summed E-state index contributed by atoms with van der Waals surface area (Å²) in [6.07, 6.45) is 1.63. The molecule has 0 saturated carbocycles. The van der Waals surface area contributed by atoms with Gasteiger partial charge < -0.3 is 10.6 Å². The average Bonchev–Trinajstić information content (AvgIpc) is 2.35. The van der Waals surface area contributed by atoms with E-state index in [1.54, 1.807) is 0 Å². The molecule has 0 aromatic rings. The zero-order chi connectivity index (χ0) is 8.97. The van der Waals surface area contributed by atoms with Crippen molar-refractivity contribution in [2.75, 3.05) is 13.1 Å². The number of hydrogen-bond acceptors (Lipinski definition) is 2. The highest BCUT2D eigenvalue weighted by molar-refractivity contribution is 5.78. The van der Waals surface area contributed by atoms with Gasteiger partial charge in [0.25, 0.3) is 0 Å². The largest absolute Gasteiger partial charge is 0.329 e. The lowest BCUT2D eigenvalue weighted by atomic mass is 10.2. The Labute approximate surface area is 72.9 Å². The predicted octanol–water partition coefficient (Wildman–Crippen LogP) is -0.0406. The molecule has 1 unspecified atom stereocenters. The van der Waals surface area contributed by atoms with E-state index in [0.29, 0.717) is 25.6 Å². The van der Waals surface area contributed by atoms with E-state index in [0.717, 1.165) is 6.42 Å². The summed E-state index contributed by atoms with van der Waals surface area (Å²) in [6.45, 7) is 2.96. The van der Waals surface area contributed by atoms with E-state index in [9.17, 15) is 4.79 Å². The first-order chi connectivity index (χ1) is 5.75. The van der Waals surface area contributed by atoms with Gasteiger partial charge in [0, 0.05) is 12.5 Å². The van der Waals surface area contributed by atoms with E-state index in [-0.39, 0.29) is 5.91 Å². The van der Waals surface area contributed by atoms with Gasteiger partial charge in [-0.1, -0.05) is 11.8 Å². The number of rotatable bonds is 1. The first-order valence-electron chi connectivity index (χ1n) is 4.21. The summed E-state index contributed by atoms with van der Waals surface area (Å²) in [6, 6.07) is 0.351. The molecule has 0 bridgehead atoms. The maximum absolute atomic E-state index is 11.2. The summed E-state index contributed by atoms with van der Waals surface area (Å²) < 4.78 is 0. The molecule has 1 amide bonds. The van der Waals surface area contributed by atoms with Gasteiger partial charge in [-0.05, 0) is 13.3 Å². The molecule has 1 saturated heterocycles. The standard InChI is InChI=1S/C9H14N2O/c1-8-4-5-9(12)11(8)7-3-2-6-10/h8H,4-7,10H2,1H3. The van der Waals surface area contributed by atoms with E-state index in [4.69, 9.17) is 5.73 Å². The van der Waals surface area contributed by atoms with Crippen molar-refractivity contribution < 1.29 is 4.79 Å². The molecule has 1 atom stereocenters. The lowest BCUT2D eigenvalue weighted by molar-refractivity contribution is -0.128. The van der Waals surface area contributed by atoms with Crippen molar-refractivity contribution in [1.29, 1.82) is 0 Å². The van der Waals surface area contributed by atoms with Crippen LogP contribution < -0.4 is 5.73 Å². The quantitative estimate of drug-likeness (QED) is 0.555. The molecule has 0 aliphatic carbocycles. The van der Waals surface area contributed by atoms with Crippen molar-refractivity contribution in [2.24, 2.45) is 5.73 Å². The fourth-order valence-electron chi connectivity index (χ4n) is 1.33. The Kier molecular flexibility index (Phi) is 3.12. The van der Waals surface area contributed by atoms with E-state index in [2.05, 4.69) is 18.8 Å². The molecule has 1 aliphatic rings. The van der Waals surface area contributed by atoms with Gasteiger partial charge in [-0.3, -0.25) is 4.79 Å². The Hall–Kier alpha value is -1.01. The topological polar surface area (TPSA) is 46.3 Å². The van der Waals surface area contributed by atoms with E-state index in [1.807, 2.05) is 4.90 Å². The van der Waals surface area contributed by atoms with Crippen LogP contribution in [0.1, 0.15) is 19.8 Å². The molecule has 0 aromatic heterocycles. The molecule has 12 heavy (non-hydrogen) atoms. The van der Waals surface area contributed by atoms with Crippen LogP contribution in [0.4, 0.5) is 0 Å². The second kappa shape index (κ2) is 4.13. The molecule has 1 aliphatic heterocycles. The SMILES string of the molecule is CC1CCC(=O)N1CC#CCN. The summed E-state index contributed by atoms with van der Waals surface area (Å²) >= 11 is 0. The molecule has 3 heteroatoms. The molecule has 0 aromatic carbocycles. The van der Waals surface area contributed by atoms with Gasteiger partial charge in [0.05, 0.1) is 13.1 Å². The third-order valence-corrected chi connectivity index (χ3v) is 2.10. The van der Waals surface area contributed by atoms with Crippen LogP contribution in [0.25, 0.3) is 0 Å². The summed E-state index contributed by atoms with van der Waals surface area (Å²) in [5, 5.41) is 0. The Morgan fingerprint density at radius 2 is 2.42 bits per heavy atom. The van der Waals surface area contributed by atoms with Crippen molar-refractivity contribution in [3.05, 3.63) is 0 Å². The molecule has 0 spiro atoms. The molecule has 0 radical (unpaired) electrons. The van der Waals surface area contributed by atoms with E-state index < -0.39 is 0 Å². The molecular formula is C9H14N2O. The lowest BCUT2D eigenvalue weighted by Gasteiger charge is -2.17. The zero-order valence-corrected chi connectivity index (χ0v) is 7.34. The number of nitrogens with two attached hydrogens (primary N) is 1. The van der Waals surface area contributed by atoms with Crippen molar-refractivity contribution >= 4 is 5.91 Å². The number of carbonyl (C=O) groups is 1. The zero-order valence-electron chi connectivity index (χ0n) is 7.34. The van der Waals surface area contributed by atoms with Crippen LogP contribution in [-0.2, 0) is 4.79 Å². The maximum atomic E-state index is 11.2. The lowest BCUT2D eigenvalue weighted by Crippen LogP contribution is -2.31. The number of carbonyl (C=O) groups excluding carboxylic acids is 1. The number of amides is 1. The molecular weight excluding hydrogens is 152 g/mol. The third kappa shape index (κ3) is 1.99. The second-order valence-corrected chi connectivity index (χ2v) is 2.97. The monoisotopic (exact) mass is 166 g/mol. The minimum Gasteiger partial charge on any atom is -0.329 e. The van der Waals surface area contributed by atoms with Gasteiger partial charge in [-0.15, -0.1) is 0 Å². The van der Waals surface area contributed by atoms with Crippen molar-refractivity contribution in [3.8, 4) is 11.8 Å². The normalized spacial score (nSPS) is 22.3. The average molecular weight is 166 g/mol.